The molecule has 2 rings (SSSR count). The summed E-state index contributed by atoms with van der Waals surface area (Å²) in [6.45, 7) is 0.946. The van der Waals surface area contributed by atoms with Crippen LogP contribution in [-0.2, 0) is 13.5 Å². The molecule has 0 spiro atoms. The fourth-order valence-electron chi connectivity index (χ4n) is 2.30. The highest BCUT2D eigenvalue weighted by Crippen LogP contribution is 2.16. The van der Waals surface area contributed by atoms with Gasteiger partial charge in [0.25, 0.3) is 0 Å². The Balaban J connectivity index is 1.67. The molecule has 16 heavy (non-hydrogen) atoms. The van der Waals surface area contributed by atoms with Gasteiger partial charge in [-0.2, -0.15) is 5.10 Å². The summed E-state index contributed by atoms with van der Waals surface area (Å²) in [6, 6.07) is 0.978. The minimum Gasteiger partial charge on any atom is -0.328 e. The van der Waals surface area contributed by atoms with Gasteiger partial charge in [-0.15, -0.1) is 0 Å². The van der Waals surface area contributed by atoms with Crippen LogP contribution in [0.3, 0.4) is 0 Å². The van der Waals surface area contributed by atoms with Gasteiger partial charge >= 0.3 is 0 Å². The number of hydrogen-bond donors (Lipinski definition) is 2. The molecule has 5 heteroatoms. The maximum Gasteiger partial charge on any atom is 0.151 e. The first kappa shape index (κ1) is 11.5. The van der Waals surface area contributed by atoms with Crippen molar-refractivity contribution in [2.24, 2.45) is 12.8 Å². The molecule has 5 nitrogen and oxygen atoms in total. The van der Waals surface area contributed by atoms with Gasteiger partial charge in [0.15, 0.2) is 5.82 Å². The van der Waals surface area contributed by atoms with Crippen LogP contribution in [0.15, 0.2) is 6.33 Å². The molecule has 1 heterocycles. The van der Waals surface area contributed by atoms with Crippen molar-refractivity contribution >= 4 is 0 Å². The minimum atomic E-state index is 0.388. The van der Waals surface area contributed by atoms with Crippen LogP contribution in [0.5, 0.6) is 0 Å². The van der Waals surface area contributed by atoms with Crippen molar-refractivity contribution in [2.75, 3.05) is 6.54 Å². The lowest BCUT2D eigenvalue weighted by Gasteiger charge is -2.27. The number of hydrogen-bond acceptors (Lipinski definition) is 4. The number of aromatic nitrogens is 3. The van der Waals surface area contributed by atoms with Gasteiger partial charge in [-0.05, 0) is 19.3 Å². The molecule has 2 atom stereocenters. The van der Waals surface area contributed by atoms with Crippen molar-refractivity contribution in [3.63, 3.8) is 0 Å². The quantitative estimate of drug-likeness (QED) is 0.766. The van der Waals surface area contributed by atoms with Crippen LogP contribution >= 0.6 is 0 Å². The summed E-state index contributed by atoms with van der Waals surface area (Å²) in [6.07, 6.45) is 7.43. The van der Waals surface area contributed by atoms with E-state index in [0.29, 0.717) is 12.1 Å². The molecule has 0 amide bonds. The van der Waals surface area contributed by atoms with E-state index < -0.39 is 0 Å². The van der Waals surface area contributed by atoms with Gasteiger partial charge in [0, 0.05) is 32.1 Å². The summed E-state index contributed by atoms with van der Waals surface area (Å²) in [5.41, 5.74) is 5.94. The Hall–Kier alpha value is -0.940. The summed E-state index contributed by atoms with van der Waals surface area (Å²) in [5.74, 6) is 0.912. The first-order valence-electron chi connectivity index (χ1n) is 6.07. The summed E-state index contributed by atoms with van der Waals surface area (Å²) in [7, 11) is 1.89. The van der Waals surface area contributed by atoms with Gasteiger partial charge in [-0.1, -0.05) is 6.42 Å². The Bertz CT molecular complexity index is 322. The minimum absolute atomic E-state index is 0.388. The largest absolute Gasteiger partial charge is 0.328 e. The van der Waals surface area contributed by atoms with Crippen LogP contribution in [0.1, 0.15) is 31.5 Å². The van der Waals surface area contributed by atoms with E-state index in [4.69, 9.17) is 5.73 Å². The van der Waals surface area contributed by atoms with Crippen LogP contribution in [0.4, 0.5) is 0 Å². The Kier molecular flexibility index (Phi) is 3.90. The highest BCUT2D eigenvalue weighted by atomic mass is 15.3. The molecule has 1 aliphatic carbocycles. The van der Waals surface area contributed by atoms with E-state index in [9.17, 15) is 0 Å². The Morgan fingerprint density at radius 3 is 3.12 bits per heavy atom. The summed E-state index contributed by atoms with van der Waals surface area (Å²) < 4.78 is 1.74. The number of rotatable bonds is 4. The molecule has 0 saturated heterocycles. The smallest absolute Gasteiger partial charge is 0.151 e. The van der Waals surface area contributed by atoms with Crippen LogP contribution in [0.25, 0.3) is 0 Å². The Morgan fingerprint density at radius 2 is 2.44 bits per heavy atom. The molecule has 1 fully saturated rings. The molecular formula is C11H21N5. The van der Waals surface area contributed by atoms with E-state index in [1.807, 2.05) is 7.05 Å². The topological polar surface area (TPSA) is 68.8 Å². The average molecular weight is 223 g/mol. The normalized spacial score (nSPS) is 25.9. The predicted molar refractivity (Wildman–Crippen MR) is 62.9 cm³/mol. The highest BCUT2D eigenvalue weighted by Gasteiger charge is 2.18. The van der Waals surface area contributed by atoms with E-state index in [-0.39, 0.29) is 0 Å². The van der Waals surface area contributed by atoms with Gasteiger partial charge in [0.2, 0.25) is 0 Å². The SMILES string of the molecule is Cn1cnc(CCNC2CCCC(N)C2)n1. The molecule has 0 aliphatic heterocycles. The van der Waals surface area contributed by atoms with Crippen LogP contribution in [0, 0.1) is 0 Å². The zero-order valence-electron chi connectivity index (χ0n) is 9.89. The van der Waals surface area contributed by atoms with Gasteiger partial charge < -0.3 is 11.1 Å². The maximum absolute atomic E-state index is 5.94. The van der Waals surface area contributed by atoms with Crippen molar-refractivity contribution in [1.29, 1.82) is 0 Å². The number of nitrogens with one attached hydrogen (secondary N) is 1. The fraction of sp³-hybridized carbons (Fsp3) is 0.818. The van der Waals surface area contributed by atoms with Gasteiger partial charge in [0.05, 0.1) is 0 Å². The lowest BCUT2D eigenvalue weighted by Crippen LogP contribution is -2.40. The molecule has 0 aromatic carbocycles. The maximum atomic E-state index is 5.94. The zero-order valence-corrected chi connectivity index (χ0v) is 9.89. The van der Waals surface area contributed by atoms with E-state index in [1.165, 1.54) is 19.3 Å². The van der Waals surface area contributed by atoms with E-state index >= 15 is 0 Å². The first-order valence-corrected chi connectivity index (χ1v) is 6.07. The Morgan fingerprint density at radius 1 is 1.56 bits per heavy atom. The summed E-state index contributed by atoms with van der Waals surface area (Å²) in [5, 5.41) is 7.79. The molecule has 0 radical (unpaired) electrons. The molecule has 1 saturated carbocycles. The molecule has 1 aromatic rings. The van der Waals surface area contributed by atoms with Crippen LogP contribution in [-0.4, -0.2) is 33.4 Å². The van der Waals surface area contributed by atoms with Gasteiger partial charge in [-0.3, -0.25) is 4.68 Å². The van der Waals surface area contributed by atoms with Crippen molar-refractivity contribution < 1.29 is 0 Å². The monoisotopic (exact) mass is 223 g/mol. The second-order valence-corrected chi connectivity index (χ2v) is 4.66. The molecule has 3 N–H and O–H groups in total. The third-order valence-corrected chi connectivity index (χ3v) is 3.14. The second-order valence-electron chi connectivity index (χ2n) is 4.66. The summed E-state index contributed by atoms with van der Waals surface area (Å²) in [4.78, 5) is 4.20. The lowest BCUT2D eigenvalue weighted by molar-refractivity contribution is 0.340. The third-order valence-electron chi connectivity index (χ3n) is 3.14. The molecular weight excluding hydrogens is 202 g/mol. The van der Waals surface area contributed by atoms with Crippen LogP contribution < -0.4 is 11.1 Å². The first-order chi connectivity index (χ1) is 7.74. The summed E-state index contributed by atoms with van der Waals surface area (Å²) >= 11 is 0. The van der Waals surface area contributed by atoms with Gasteiger partial charge in [-0.25, -0.2) is 4.98 Å². The predicted octanol–water partition coefficient (Wildman–Crippen LogP) is 0.217. The fourth-order valence-corrected chi connectivity index (χ4v) is 2.30. The van der Waals surface area contributed by atoms with Crippen LogP contribution in [0.2, 0.25) is 0 Å². The second kappa shape index (κ2) is 5.41. The van der Waals surface area contributed by atoms with Crippen molar-refractivity contribution in [3.05, 3.63) is 12.2 Å². The van der Waals surface area contributed by atoms with E-state index in [0.717, 1.165) is 25.2 Å². The average Bonchev–Trinajstić information content (AvgIpc) is 2.64. The van der Waals surface area contributed by atoms with Crippen molar-refractivity contribution in [3.8, 4) is 0 Å². The number of aryl methyl sites for hydroxylation is 1. The molecule has 1 aromatic heterocycles. The zero-order chi connectivity index (χ0) is 11.4. The standard InChI is InChI=1S/C11H21N5/c1-16-8-14-11(15-16)5-6-13-10-4-2-3-9(12)7-10/h8-10,13H,2-7,12H2,1H3. The van der Waals surface area contributed by atoms with Crippen molar-refractivity contribution in [1.82, 2.24) is 20.1 Å². The number of nitrogens with two attached hydrogens (primary N) is 1. The Labute approximate surface area is 96.4 Å². The molecule has 1 aliphatic rings. The van der Waals surface area contributed by atoms with Gasteiger partial charge in [0.1, 0.15) is 6.33 Å². The van der Waals surface area contributed by atoms with E-state index in [2.05, 4.69) is 15.4 Å². The third kappa shape index (κ3) is 3.28. The molecule has 2 unspecified atom stereocenters. The van der Waals surface area contributed by atoms with E-state index in [1.54, 1.807) is 11.0 Å². The molecule has 0 bridgehead atoms. The lowest BCUT2D eigenvalue weighted by atomic mass is 9.91. The van der Waals surface area contributed by atoms with Crippen molar-refractivity contribution in [2.45, 2.75) is 44.2 Å². The highest BCUT2D eigenvalue weighted by molar-refractivity contribution is 4.84. The molecule has 90 valence electrons. The number of nitrogens with zero attached hydrogens (tertiary/aromatic N) is 3.